The Morgan fingerprint density at radius 1 is 0.800 bits per heavy atom. The highest BCUT2D eigenvalue weighted by Crippen LogP contribution is 2.06. The molecule has 0 saturated heterocycles. The van der Waals surface area contributed by atoms with Crippen LogP contribution >= 0.6 is 0 Å². The van der Waals surface area contributed by atoms with E-state index in [0.717, 1.165) is 19.4 Å². The highest BCUT2D eigenvalue weighted by molar-refractivity contribution is 5.78. The van der Waals surface area contributed by atoms with Gasteiger partial charge in [-0.25, -0.2) is 0 Å². The Kier molecular flexibility index (Phi) is 13.9. The van der Waals surface area contributed by atoms with E-state index >= 15 is 0 Å². The molecule has 0 aliphatic heterocycles. The van der Waals surface area contributed by atoms with Crippen LogP contribution in [0.2, 0.25) is 0 Å². The van der Waals surface area contributed by atoms with Crippen LogP contribution in [0.3, 0.4) is 0 Å². The van der Waals surface area contributed by atoms with E-state index in [1.54, 1.807) is 0 Å². The average molecular weight is 286 g/mol. The van der Waals surface area contributed by atoms with Crippen LogP contribution in [0.25, 0.3) is 0 Å². The molecule has 0 aliphatic rings. The van der Waals surface area contributed by atoms with E-state index in [1.165, 1.54) is 32.1 Å². The van der Waals surface area contributed by atoms with Crippen molar-refractivity contribution in [1.82, 2.24) is 0 Å². The molecule has 0 aromatic rings. The monoisotopic (exact) mass is 286 g/mol. The van der Waals surface area contributed by atoms with Gasteiger partial charge in [-0.05, 0) is 19.3 Å². The Morgan fingerprint density at radius 3 is 2.10 bits per heavy atom. The summed E-state index contributed by atoms with van der Waals surface area (Å²) in [7, 11) is 0. The standard InChI is InChI=1S/C16H30O4/c1-2-3-4-5-6-7-13-20-14-9-11-15(17)10-8-12-16(18)19/h2-14H2,1H3,(H,18,19). The molecule has 0 saturated carbocycles. The minimum absolute atomic E-state index is 0.0836. The zero-order chi connectivity index (χ0) is 15.1. The van der Waals surface area contributed by atoms with Crippen molar-refractivity contribution in [2.75, 3.05) is 13.2 Å². The lowest BCUT2D eigenvalue weighted by Gasteiger charge is -2.04. The number of ether oxygens (including phenoxy) is 1. The Morgan fingerprint density at radius 2 is 1.40 bits per heavy atom. The SMILES string of the molecule is CCCCCCCCOCCCC(=O)CCCC(=O)O. The molecule has 0 rings (SSSR count). The van der Waals surface area contributed by atoms with E-state index in [-0.39, 0.29) is 12.2 Å². The van der Waals surface area contributed by atoms with Gasteiger partial charge in [0.2, 0.25) is 0 Å². The van der Waals surface area contributed by atoms with Crippen molar-refractivity contribution in [2.24, 2.45) is 0 Å². The highest BCUT2D eigenvalue weighted by Gasteiger charge is 2.04. The maximum Gasteiger partial charge on any atom is 0.303 e. The molecule has 4 heteroatoms. The van der Waals surface area contributed by atoms with Crippen LogP contribution in [0, 0.1) is 0 Å². The van der Waals surface area contributed by atoms with E-state index < -0.39 is 5.97 Å². The van der Waals surface area contributed by atoms with Gasteiger partial charge in [0, 0.05) is 32.5 Å². The summed E-state index contributed by atoms with van der Waals surface area (Å²) >= 11 is 0. The minimum Gasteiger partial charge on any atom is -0.481 e. The summed E-state index contributed by atoms with van der Waals surface area (Å²) in [6.45, 7) is 3.64. The Bertz CT molecular complexity index is 251. The third-order valence-corrected chi connectivity index (χ3v) is 3.23. The second-order valence-corrected chi connectivity index (χ2v) is 5.27. The number of hydrogen-bond donors (Lipinski definition) is 1. The Balaban J connectivity index is 3.15. The molecular weight excluding hydrogens is 256 g/mol. The van der Waals surface area contributed by atoms with Crippen molar-refractivity contribution in [3.63, 3.8) is 0 Å². The Labute approximate surface area is 122 Å². The molecule has 0 spiro atoms. The molecule has 0 bridgehead atoms. The van der Waals surface area contributed by atoms with Crippen molar-refractivity contribution >= 4 is 11.8 Å². The fourth-order valence-electron chi connectivity index (χ4n) is 2.02. The lowest BCUT2D eigenvalue weighted by Crippen LogP contribution is -2.04. The van der Waals surface area contributed by atoms with E-state index in [1.807, 2.05) is 0 Å². The molecule has 0 heterocycles. The normalized spacial score (nSPS) is 10.7. The average Bonchev–Trinajstić information content (AvgIpc) is 2.40. The van der Waals surface area contributed by atoms with E-state index in [9.17, 15) is 9.59 Å². The van der Waals surface area contributed by atoms with E-state index in [0.29, 0.717) is 25.9 Å². The number of carbonyl (C=O) groups is 2. The largest absolute Gasteiger partial charge is 0.481 e. The third-order valence-electron chi connectivity index (χ3n) is 3.23. The predicted molar refractivity (Wildman–Crippen MR) is 79.9 cm³/mol. The number of carbonyl (C=O) groups excluding carboxylic acids is 1. The third kappa shape index (κ3) is 15.2. The first-order valence-electron chi connectivity index (χ1n) is 7.98. The summed E-state index contributed by atoms with van der Waals surface area (Å²) in [5, 5.41) is 8.46. The van der Waals surface area contributed by atoms with Crippen LogP contribution < -0.4 is 0 Å². The number of ketones is 1. The van der Waals surface area contributed by atoms with Gasteiger partial charge < -0.3 is 9.84 Å². The molecule has 0 fully saturated rings. The van der Waals surface area contributed by atoms with Crippen molar-refractivity contribution in [2.45, 2.75) is 77.6 Å². The first-order valence-corrected chi connectivity index (χ1v) is 7.98. The predicted octanol–water partition coefficient (Wildman–Crippen LogP) is 3.97. The molecule has 118 valence electrons. The lowest BCUT2D eigenvalue weighted by atomic mass is 10.1. The van der Waals surface area contributed by atoms with Crippen LogP contribution in [0.15, 0.2) is 0 Å². The second kappa shape index (κ2) is 14.5. The summed E-state index contributed by atoms with van der Waals surface area (Å²) < 4.78 is 5.49. The molecule has 0 unspecified atom stereocenters. The van der Waals surface area contributed by atoms with Crippen LogP contribution in [0.1, 0.15) is 77.6 Å². The molecule has 4 nitrogen and oxygen atoms in total. The molecule has 0 radical (unpaired) electrons. The lowest BCUT2D eigenvalue weighted by molar-refractivity contribution is -0.137. The van der Waals surface area contributed by atoms with Crippen molar-refractivity contribution in [3.05, 3.63) is 0 Å². The van der Waals surface area contributed by atoms with Crippen LogP contribution in [-0.2, 0) is 14.3 Å². The van der Waals surface area contributed by atoms with Crippen LogP contribution in [0.4, 0.5) is 0 Å². The number of carboxylic acids is 1. The first kappa shape index (κ1) is 19.1. The Hall–Kier alpha value is -0.900. The van der Waals surface area contributed by atoms with E-state index in [4.69, 9.17) is 9.84 Å². The van der Waals surface area contributed by atoms with Gasteiger partial charge in [-0.2, -0.15) is 0 Å². The van der Waals surface area contributed by atoms with Gasteiger partial charge in [-0.15, -0.1) is 0 Å². The molecule has 0 amide bonds. The summed E-state index contributed by atoms with van der Waals surface area (Å²) in [6, 6.07) is 0. The summed E-state index contributed by atoms with van der Waals surface area (Å²) in [6.07, 6.45) is 9.72. The fourth-order valence-corrected chi connectivity index (χ4v) is 2.02. The zero-order valence-corrected chi connectivity index (χ0v) is 12.9. The van der Waals surface area contributed by atoms with Gasteiger partial charge in [0.05, 0.1) is 0 Å². The number of unbranched alkanes of at least 4 members (excludes halogenated alkanes) is 5. The number of carboxylic acid groups (broad SMARTS) is 1. The van der Waals surface area contributed by atoms with Gasteiger partial charge in [0.15, 0.2) is 0 Å². The smallest absolute Gasteiger partial charge is 0.303 e. The summed E-state index contributed by atoms with van der Waals surface area (Å²) in [5.74, 6) is -0.686. The number of rotatable bonds is 15. The van der Waals surface area contributed by atoms with Gasteiger partial charge in [-0.3, -0.25) is 9.59 Å². The fraction of sp³-hybridized carbons (Fsp3) is 0.875. The van der Waals surface area contributed by atoms with Crippen LogP contribution in [-0.4, -0.2) is 30.1 Å². The topological polar surface area (TPSA) is 63.6 Å². The molecule has 20 heavy (non-hydrogen) atoms. The summed E-state index contributed by atoms with van der Waals surface area (Å²) in [5.41, 5.74) is 0. The molecule has 1 N–H and O–H groups in total. The van der Waals surface area contributed by atoms with Crippen molar-refractivity contribution in [3.8, 4) is 0 Å². The van der Waals surface area contributed by atoms with Gasteiger partial charge in [-0.1, -0.05) is 39.0 Å². The van der Waals surface area contributed by atoms with E-state index in [2.05, 4.69) is 6.92 Å². The molecule has 0 aromatic carbocycles. The quantitative estimate of drug-likeness (QED) is 0.463. The maximum absolute atomic E-state index is 11.4. The first-order chi connectivity index (χ1) is 9.66. The number of Topliss-reactive ketones (excluding diaryl/α,β-unsaturated/α-hetero) is 1. The van der Waals surface area contributed by atoms with Gasteiger partial charge >= 0.3 is 5.97 Å². The second-order valence-electron chi connectivity index (χ2n) is 5.27. The maximum atomic E-state index is 11.4. The van der Waals surface area contributed by atoms with Gasteiger partial charge in [0.1, 0.15) is 5.78 Å². The summed E-state index contributed by atoms with van der Waals surface area (Å²) in [4.78, 5) is 21.7. The minimum atomic E-state index is -0.833. The van der Waals surface area contributed by atoms with Crippen molar-refractivity contribution in [1.29, 1.82) is 0 Å². The molecule has 0 aliphatic carbocycles. The number of hydrogen-bond acceptors (Lipinski definition) is 3. The van der Waals surface area contributed by atoms with Crippen LogP contribution in [0.5, 0.6) is 0 Å². The van der Waals surface area contributed by atoms with Crippen molar-refractivity contribution < 1.29 is 19.4 Å². The van der Waals surface area contributed by atoms with Gasteiger partial charge in [0.25, 0.3) is 0 Å². The highest BCUT2D eigenvalue weighted by atomic mass is 16.5. The molecule has 0 atom stereocenters. The molecule has 0 aromatic heterocycles. The number of aliphatic carboxylic acids is 1. The molecular formula is C16H30O4. The zero-order valence-electron chi connectivity index (χ0n) is 12.9.